The molecule has 0 radical (unpaired) electrons. The summed E-state index contributed by atoms with van der Waals surface area (Å²) >= 11 is 0. The molecule has 0 aliphatic heterocycles. The fraction of sp³-hybridized carbons (Fsp3) is 0.455. The van der Waals surface area contributed by atoms with Crippen molar-refractivity contribution in [3.8, 4) is 0 Å². The van der Waals surface area contributed by atoms with Crippen LogP contribution in [-0.2, 0) is 4.74 Å². The molecule has 0 aliphatic rings. The summed E-state index contributed by atoms with van der Waals surface area (Å²) in [5, 5.41) is 22.9. The second kappa shape index (κ2) is 6.17. The van der Waals surface area contributed by atoms with Crippen LogP contribution in [0.3, 0.4) is 0 Å². The molecule has 0 amide bonds. The van der Waals surface area contributed by atoms with Gasteiger partial charge in [-0.25, -0.2) is 0 Å². The number of nitro groups is 1. The first-order valence-electron chi connectivity index (χ1n) is 5.20. The lowest BCUT2D eigenvalue weighted by Crippen LogP contribution is -2.29. The number of hydrogen-bond acceptors (Lipinski definition) is 5. The van der Waals surface area contributed by atoms with E-state index in [1.807, 2.05) is 0 Å². The molecule has 17 heavy (non-hydrogen) atoms. The van der Waals surface area contributed by atoms with Crippen molar-refractivity contribution >= 4 is 11.4 Å². The molecule has 6 nitrogen and oxygen atoms in total. The molecule has 0 aromatic heterocycles. The Hall–Kier alpha value is -1.66. The molecule has 2 N–H and O–H groups in total. The number of aliphatic hydroxyl groups is 1. The summed E-state index contributed by atoms with van der Waals surface area (Å²) in [5.41, 5.74) is 1.18. The number of anilines is 1. The number of para-hydroxylation sites is 1. The van der Waals surface area contributed by atoms with Gasteiger partial charge in [-0.05, 0) is 12.5 Å². The molecule has 1 aromatic carbocycles. The summed E-state index contributed by atoms with van der Waals surface area (Å²) < 4.78 is 4.91. The molecule has 6 heteroatoms. The number of aliphatic hydroxyl groups excluding tert-OH is 1. The number of aryl methyl sites for hydroxylation is 1. The Bertz CT molecular complexity index is 395. The van der Waals surface area contributed by atoms with E-state index in [4.69, 9.17) is 9.84 Å². The molecule has 0 bridgehead atoms. The Kier molecular flexibility index (Phi) is 4.86. The predicted octanol–water partition coefficient (Wildman–Crippen LogP) is 1.32. The van der Waals surface area contributed by atoms with E-state index in [2.05, 4.69) is 5.32 Å². The number of ether oxygens (including phenoxy) is 1. The van der Waals surface area contributed by atoms with Gasteiger partial charge in [0, 0.05) is 13.2 Å². The van der Waals surface area contributed by atoms with Gasteiger partial charge in [-0.2, -0.15) is 0 Å². The average molecular weight is 240 g/mol. The maximum absolute atomic E-state index is 10.9. The first-order chi connectivity index (χ1) is 8.10. The lowest BCUT2D eigenvalue weighted by molar-refractivity contribution is -0.384. The molecular weight excluding hydrogens is 224 g/mol. The van der Waals surface area contributed by atoms with Crippen LogP contribution in [0.2, 0.25) is 0 Å². The first kappa shape index (κ1) is 13.4. The van der Waals surface area contributed by atoms with Crippen molar-refractivity contribution in [2.45, 2.75) is 13.0 Å². The number of hydrogen-bond donors (Lipinski definition) is 2. The van der Waals surface area contributed by atoms with Crippen molar-refractivity contribution in [3.05, 3.63) is 33.9 Å². The van der Waals surface area contributed by atoms with Crippen LogP contribution in [0, 0.1) is 17.0 Å². The van der Waals surface area contributed by atoms with Gasteiger partial charge in [0.1, 0.15) is 5.69 Å². The van der Waals surface area contributed by atoms with E-state index < -0.39 is 4.92 Å². The monoisotopic (exact) mass is 240 g/mol. The molecule has 1 aromatic rings. The number of benzene rings is 1. The number of nitrogens with one attached hydrogen (secondary N) is 1. The minimum atomic E-state index is -0.448. The van der Waals surface area contributed by atoms with Crippen molar-refractivity contribution in [1.29, 1.82) is 0 Å². The van der Waals surface area contributed by atoms with E-state index in [1.54, 1.807) is 19.1 Å². The van der Waals surface area contributed by atoms with Gasteiger partial charge in [0.25, 0.3) is 5.69 Å². The fourth-order valence-electron chi connectivity index (χ4n) is 1.54. The smallest absolute Gasteiger partial charge is 0.292 e. The molecule has 0 saturated carbocycles. The quantitative estimate of drug-likeness (QED) is 0.578. The van der Waals surface area contributed by atoms with Gasteiger partial charge in [0.2, 0.25) is 0 Å². The zero-order valence-corrected chi connectivity index (χ0v) is 9.84. The highest BCUT2D eigenvalue weighted by Gasteiger charge is 2.18. The van der Waals surface area contributed by atoms with Gasteiger partial charge >= 0.3 is 0 Å². The Morgan fingerprint density at radius 2 is 2.29 bits per heavy atom. The Morgan fingerprint density at radius 3 is 2.82 bits per heavy atom. The standard InChI is InChI=1S/C11H16N2O4/c1-8-4-3-5-10(13(15)16)11(8)12-9(6-14)7-17-2/h3-5,9,12,14H,6-7H2,1-2H3. The van der Waals surface area contributed by atoms with Crippen LogP contribution in [0.25, 0.3) is 0 Å². The molecule has 0 fully saturated rings. The van der Waals surface area contributed by atoms with Crippen molar-refractivity contribution < 1.29 is 14.8 Å². The number of nitro benzene ring substituents is 1. The SMILES string of the molecule is COCC(CO)Nc1c(C)cccc1[N+](=O)[O-]. The molecule has 1 unspecified atom stereocenters. The molecule has 0 heterocycles. The molecule has 0 saturated heterocycles. The van der Waals surface area contributed by atoms with E-state index in [1.165, 1.54) is 13.2 Å². The largest absolute Gasteiger partial charge is 0.394 e. The minimum Gasteiger partial charge on any atom is -0.394 e. The van der Waals surface area contributed by atoms with E-state index in [0.717, 1.165) is 5.56 Å². The molecule has 0 aliphatic carbocycles. The first-order valence-corrected chi connectivity index (χ1v) is 5.20. The Labute approximate surface area is 99.4 Å². The van der Waals surface area contributed by atoms with Crippen LogP contribution in [0.15, 0.2) is 18.2 Å². The van der Waals surface area contributed by atoms with Crippen LogP contribution < -0.4 is 5.32 Å². The third-order valence-electron chi connectivity index (χ3n) is 2.38. The van der Waals surface area contributed by atoms with Crippen LogP contribution in [-0.4, -0.2) is 36.4 Å². The van der Waals surface area contributed by atoms with Gasteiger partial charge in [-0.1, -0.05) is 12.1 Å². The predicted molar refractivity (Wildman–Crippen MR) is 64.2 cm³/mol. The van der Waals surface area contributed by atoms with Gasteiger partial charge in [-0.15, -0.1) is 0 Å². The maximum Gasteiger partial charge on any atom is 0.292 e. The molecule has 1 atom stereocenters. The highest BCUT2D eigenvalue weighted by molar-refractivity contribution is 5.66. The van der Waals surface area contributed by atoms with E-state index in [0.29, 0.717) is 5.69 Å². The maximum atomic E-state index is 10.9. The summed E-state index contributed by atoms with van der Waals surface area (Å²) in [6.07, 6.45) is 0. The van der Waals surface area contributed by atoms with Gasteiger partial charge < -0.3 is 15.2 Å². The normalized spacial score (nSPS) is 12.2. The van der Waals surface area contributed by atoms with E-state index in [9.17, 15) is 10.1 Å². The third kappa shape index (κ3) is 3.40. The van der Waals surface area contributed by atoms with Crippen molar-refractivity contribution in [3.63, 3.8) is 0 Å². The van der Waals surface area contributed by atoms with Crippen LogP contribution in [0.4, 0.5) is 11.4 Å². The van der Waals surface area contributed by atoms with Crippen molar-refractivity contribution in [1.82, 2.24) is 0 Å². The average Bonchev–Trinajstić information content (AvgIpc) is 2.30. The molecule has 1 rings (SSSR count). The highest BCUT2D eigenvalue weighted by atomic mass is 16.6. The zero-order chi connectivity index (χ0) is 12.8. The van der Waals surface area contributed by atoms with Crippen molar-refractivity contribution in [2.75, 3.05) is 25.6 Å². The lowest BCUT2D eigenvalue weighted by Gasteiger charge is -2.17. The van der Waals surface area contributed by atoms with Gasteiger partial charge in [-0.3, -0.25) is 10.1 Å². The highest BCUT2D eigenvalue weighted by Crippen LogP contribution is 2.28. The van der Waals surface area contributed by atoms with Gasteiger partial charge in [0.05, 0.1) is 24.2 Å². The second-order valence-corrected chi connectivity index (χ2v) is 3.71. The third-order valence-corrected chi connectivity index (χ3v) is 2.38. The number of nitrogens with zero attached hydrogens (tertiary/aromatic N) is 1. The summed E-state index contributed by atoms with van der Waals surface area (Å²) in [7, 11) is 1.51. The minimum absolute atomic E-state index is 0.000414. The topological polar surface area (TPSA) is 84.6 Å². The second-order valence-electron chi connectivity index (χ2n) is 3.71. The molecule has 94 valence electrons. The lowest BCUT2D eigenvalue weighted by atomic mass is 10.1. The zero-order valence-electron chi connectivity index (χ0n) is 9.84. The van der Waals surface area contributed by atoms with E-state index >= 15 is 0 Å². The Morgan fingerprint density at radius 1 is 1.59 bits per heavy atom. The summed E-state index contributed by atoms with van der Waals surface area (Å²) in [5.74, 6) is 0. The molecular formula is C11H16N2O4. The van der Waals surface area contributed by atoms with Crippen LogP contribution >= 0.6 is 0 Å². The number of methoxy groups -OCH3 is 1. The van der Waals surface area contributed by atoms with Crippen molar-refractivity contribution in [2.24, 2.45) is 0 Å². The van der Waals surface area contributed by atoms with Gasteiger partial charge in [0.15, 0.2) is 0 Å². The molecule has 0 spiro atoms. The Balaban J connectivity index is 2.99. The number of rotatable bonds is 6. The summed E-state index contributed by atoms with van der Waals surface area (Å²) in [6, 6.07) is 4.47. The summed E-state index contributed by atoms with van der Waals surface area (Å²) in [4.78, 5) is 10.4. The fourth-order valence-corrected chi connectivity index (χ4v) is 1.54. The van der Waals surface area contributed by atoms with Crippen LogP contribution in [0.1, 0.15) is 5.56 Å². The van der Waals surface area contributed by atoms with Crippen LogP contribution in [0.5, 0.6) is 0 Å². The summed E-state index contributed by atoms with van der Waals surface area (Å²) in [6.45, 7) is 1.90. The van der Waals surface area contributed by atoms with E-state index in [-0.39, 0.29) is 24.9 Å².